The SMILES string of the molecule is COc1ccc(CN2CCN(c3ccc(NS(=O)(=O)c4ccc(C)cc4)cc3)CC2)cc1C(=O)O. The van der Waals surface area contributed by atoms with Gasteiger partial charge in [-0.2, -0.15) is 0 Å². The molecule has 1 fully saturated rings. The van der Waals surface area contributed by atoms with Crippen LogP contribution in [0.25, 0.3) is 0 Å². The summed E-state index contributed by atoms with van der Waals surface area (Å²) in [5, 5.41) is 9.40. The molecule has 4 rings (SSSR count). The summed E-state index contributed by atoms with van der Waals surface area (Å²) >= 11 is 0. The molecule has 0 amide bonds. The number of methoxy groups -OCH3 is 1. The number of piperazine rings is 1. The van der Waals surface area contributed by atoms with Crippen molar-refractivity contribution in [2.45, 2.75) is 18.4 Å². The lowest BCUT2D eigenvalue weighted by Gasteiger charge is -2.36. The molecule has 0 atom stereocenters. The van der Waals surface area contributed by atoms with Crippen molar-refractivity contribution >= 4 is 27.4 Å². The van der Waals surface area contributed by atoms with Gasteiger partial charge in [0.2, 0.25) is 0 Å². The second-order valence-electron chi connectivity index (χ2n) is 8.57. The van der Waals surface area contributed by atoms with Crippen molar-refractivity contribution in [2.24, 2.45) is 0 Å². The van der Waals surface area contributed by atoms with Gasteiger partial charge in [-0.3, -0.25) is 9.62 Å². The zero-order valence-corrected chi connectivity index (χ0v) is 20.6. The summed E-state index contributed by atoms with van der Waals surface area (Å²) in [6.45, 7) is 5.87. The fraction of sp³-hybridized carbons (Fsp3) is 0.269. The van der Waals surface area contributed by atoms with E-state index in [1.807, 2.05) is 25.1 Å². The number of benzene rings is 3. The normalized spacial score (nSPS) is 14.5. The second kappa shape index (κ2) is 10.4. The number of rotatable bonds is 8. The number of nitrogens with one attached hydrogen (secondary N) is 1. The van der Waals surface area contributed by atoms with E-state index < -0.39 is 16.0 Å². The van der Waals surface area contributed by atoms with E-state index in [0.717, 1.165) is 43.0 Å². The molecule has 3 aromatic carbocycles. The van der Waals surface area contributed by atoms with Crippen LogP contribution in [0, 0.1) is 6.92 Å². The van der Waals surface area contributed by atoms with Gasteiger partial charge in [0, 0.05) is 44.1 Å². The predicted octanol–water partition coefficient (Wildman–Crippen LogP) is 3.82. The molecule has 184 valence electrons. The molecule has 3 aromatic rings. The standard InChI is InChI=1S/C26H29N3O5S/c1-19-3-10-23(11-4-19)35(32,33)27-21-6-8-22(9-7-21)29-15-13-28(14-16-29)18-20-5-12-25(34-2)24(17-20)26(30)31/h3-12,17,27H,13-16,18H2,1-2H3,(H,30,31). The van der Waals surface area contributed by atoms with Crippen molar-refractivity contribution in [1.29, 1.82) is 0 Å². The summed E-state index contributed by atoms with van der Waals surface area (Å²) in [5.41, 5.74) is 3.65. The number of carbonyl (C=O) groups is 1. The Bertz CT molecular complexity index is 1280. The zero-order valence-electron chi connectivity index (χ0n) is 19.8. The first kappa shape index (κ1) is 24.6. The number of aromatic carboxylic acids is 1. The fourth-order valence-corrected chi connectivity index (χ4v) is 5.17. The molecule has 1 aliphatic heterocycles. The van der Waals surface area contributed by atoms with Gasteiger partial charge < -0.3 is 14.7 Å². The average molecular weight is 496 g/mol. The van der Waals surface area contributed by atoms with Crippen LogP contribution in [0.5, 0.6) is 5.75 Å². The molecule has 0 radical (unpaired) electrons. The lowest BCUT2D eigenvalue weighted by Crippen LogP contribution is -2.45. The minimum atomic E-state index is -3.63. The molecule has 2 N–H and O–H groups in total. The van der Waals surface area contributed by atoms with Crippen LogP contribution < -0.4 is 14.4 Å². The highest BCUT2D eigenvalue weighted by molar-refractivity contribution is 7.92. The Hall–Kier alpha value is -3.56. The van der Waals surface area contributed by atoms with Crippen LogP contribution in [0.15, 0.2) is 71.6 Å². The first-order valence-electron chi connectivity index (χ1n) is 11.3. The molecule has 0 spiro atoms. The summed E-state index contributed by atoms with van der Waals surface area (Å²) in [6, 6.07) is 19.4. The summed E-state index contributed by atoms with van der Waals surface area (Å²) in [4.78, 5) is 16.2. The smallest absolute Gasteiger partial charge is 0.339 e. The monoisotopic (exact) mass is 495 g/mol. The highest BCUT2D eigenvalue weighted by atomic mass is 32.2. The molecule has 1 heterocycles. The molecule has 9 heteroatoms. The first-order valence-corrected chi connectivity index (χ1v) is 12.8. The van der Waals surface area contributed by atoms with Crippen molar-refractivity contribution in [3.8, 4) is 5.75 Å². The number of aryl methyl sites for hydroxylation is 1. The topological polar surface area (TPSA) is 99.2 Å². The number of carboxylic acids is 1. The van der Waals surface area contributed by atoms with E-state index in [-0.39, 0.29) is 10.5 Å². The Labute approximate surface area is 205 Å². The molecule has 0 aromatic heterocycles. The van der Waals surface area contributed by atoms with Gasteiger partial charge in [-0.1, -0.05) is 23.8 Å². The van der Waals surface area contributed by atoms with Gasteiger partial charge in [0.25, 0.3) is 10.0 Å². The van der Waals surface area contributed by atoms with Crippen LogP contribution in [0.1, 0.15) is 21.5 Å². The Morgan fingerprint density at radius 3 is 2.23 bits per heavy atom. The Morgan fingerprint density at radius 1 is 0.971 bits per heavy atom. The third-order valence-electron chi connectivity index (χ3n) is 6.09. The highest BCUT2D eigenvalue weighted by Gasteiger charge is 2.19. The zero-order chi connectivity index (χ0) is 25.0. The van der Waals surface area contributed by atoms with E-state index in [1.54, 1.807) is 48.5 Å². The molecule has 0 aliphatic carbocycles. The third kappa shape index (κ3) is 5.93. The number of nitrogens with zero attached hydrogens (tertiary/aromatic N) is 2. The molecular weight excluding hydrogens is 466 g/mol. The number of hydrogen-bond acceptors (Lipinski definition) is 6. The van der Waals surface area contributed by atoms with Crippen LogP contribution in [-0.2, 0) is 16.6 Å². The van der Waals surface area contributed by atoms with Crippen molar-refractivity contribution in [1.82, 2.24) is 4.90 Å². The van der Waals surface area contributed by atoms with Gasteiger partial charge in [0.1, 0.15) is 11.3 Å². The van der Waals surface area contributed by atoms with E-state index in [2.05, 4.69) is 14.5 Å². The second-order valence-corrected chi connectivity index (χ2v) is 10.3. The fourth-order valence-electron chi connectivity index (χ4n) is 4.11. The molecule has 0 unspecified atom stereocenters. The predicted molar refractivity (Wildman–Crippen MR) is 136 cm³/mol. The van der Waals surface area contributed by atoms with Crippen molar-refractivity contribution in [3.05, 3.63) is 83.4 Å². The summed E-state index contributed by atoms with van der Waals surface area (Å²) < 4.78 is 33.0. The number of carboxylic acid groups (broad SMARTS) is 1. The Balaban J connectivity index is 1.34. The lowest BCUT2D eigenvalue weighted by atomic mass is 10.1. The van der Waals surface area contributed by atoms with Crippen LogP contribution in [-0.4, -0.2) is 57.7 Å². The minimum absolute atomic E-state index is 0.168. The third-order valence-corrected chi connectivity index (χ3v) is 7.49. The number of ether oxygens (including phenoxy) is 1. The van der Waals surface area contributed by atoms with E-state index in [9.17, 15) is 18.3 Å². The van der Waals surface area contributed by atoms with Crippen LogP contribution >= 0.6 is 0 Å². The number of anilines is 2. The Morgan fingerprint density at radius 2 is 1.63 bits per heavy atom. The minimum Gasteiger partial charge on any atom is -0.496 e. The quantitative estimate of drug-likeness (QED) is 0.490. The summed E-state index contributed by atoms with van der Waals surface area (Å²) in [7, 11) is -2.17. The van der Waals surface area contributed by atoms with Gasteiger partial charge >= 0.3 is 5.97 Å². The maximum absolute atomic E-state index is 12.6. The van der Waals surface area contributed by atoms with Gasteiger partial charge in [-0.15, -0.1) is 0 Å². The van der Waals surface area contributed by atoms with Crippen LogP contribution in [0.4, 0.5) is 11.4 Å². The molecule has 0 saturated carbocycles. The van der Waals surface area contributed by atoms with Gasteiger partial charge in [-0.25, -0.2) is 13.2 Å². The molecule has 1 aliphatic rings. The maximum Gasteiger partial charge on any atom is 0.339 e. The molecule has 8 nitrogen and oxygen atoms in total. The van der Waals surface area contributed by atoms with Gasteiger partial charge in [-0.05, 0) is 61.0 Å². The summed E-state index contributed by atoms with van der Waals surface area (Å²) in [6.07, 6.45) is 0. The molecule has 35 heavy (non-hydrogen) atoms. The van der Waals surface area contributed by atoms with Gasteiger partial charge in [0.05, 0.1) is 12.0 Å². The van der Waals surface area contributed by atoms with E-state index >= 15 is 0 Å². The van der Waals surface area contributed by atoms with Crippen molar-refractivity contribution in [3.63, 3.8) is 0 Å². The van der Waals surface area contributed by atoms with E-state index in [0.29, 0.717) is 18.0 Å². The van der Waals surface area contributed by atoms with Crippen LogP contribution in [0.2, 0.25) is 0 Å². The summed E-state index contributed by atoms with van der Waals surface area (Å²) in [5.74, 6) is -0.645. The van der Waals surface area contributed by atoms with Crippen molar-refractivity contribution < 1.29 is 23.1 Å². The molecule has 1 saturated heterocycles. The lowest BCUT2D eigenvalue weighted by molar-refractivity contribution is 0.0693. The van der Waals surface area contributed by atoms with E-state index in [4.69, 9.17) is 4.74 Å². The number of sulfonamides is 1. The maximum atomic E-state index is 12.6. The average Bonchev–Trinajstić information content (AvgIpc) is 2.85. The largest absolute Gasteiger partial charge is 0.496 e. The van der Waals surface area contributed by atoms with Crippen LogP contribution in [0.3, 0.4) is 0 Å². The molecular formula is C26H29N3O5S. The first-order chi connectivity index (χ1) is 16.7. The van der Waals surface area contributed by atoms with E-state index in [1.165, 1.54) is 7.11 Å². The van der Waals surface area contributed by atoms with Gasteiger partial charge in [0.15, 0.2) is 0 Å². The number of hydrogen-bond donors (Lipinski definition) is 2. The molecule has 0 bridgehead atoms. The van der Waals surface area contributed by atoms with Crippen molar-refractivity contribution in [2.75, 3.05) is 42.9 Å². The highest BCUT2D eigenvalue weighted by Crippen LogP contribution is 2.24. The Kier molecular flexibility index (Phi) is 7.28.